The van der Waals surface area contributed by atoms with Crippen LogP contribution in [0, 0.1) is 6.92 Å². The average Bonchev–Trinajstić information content (AvgIpc) is 2.66. The van der Waals surface area contributed by atoms with Crippen molar-refractivity contribution < 1.29 is 9.13 Å². The van der Waals surface area contributed by atoms with Crippen LogP contribution >= 0.6 is 23.5 Å². The van der Waals surface area contributed by atoms with Gasteiger partial charge in [-0.15, -0.1) is 0 Å². The molecule has 5 nitrogen and oxygen atoms in total. The second kappa shape index (κ2) is 8.63. The lowest BCUT2D eigenvalue weighted by atomic mass is 10.1. The predicted octanol–water partition coefficient (Wildman–Crippen LogP) is 5.11. The third-order valence-electron chi connectivity index (χ3n) is 4.04. The highest BCUT2D eigenvalue weighted by Crippen LogP contribution is 2.37. The number of nitrogens with zero attached hydrogens (tertiary/aromatic N) is 2. The molecule has 1 aromatic heterocycles. The molecule has 0 saturated carbocycles. The Morgan fingerprint density at radius 1 is 1.30 bits per heavy atom. The fourth-order valence-corrected chi connectivity index (χ4v) is 3.54. The van der Waals surface area contributed by atoms with Crippen molar-refractivity contribution >= 4 is 40.1 Å². The van der Waals surface area contributed by atoms with Gasteiger partial charge in [0.25, 0.3) is 5.56 Å². The molecule has 142 valence electrons. The molecule has 0 aliphatic carbocycles. The second-order valence-corrected chi connectivity index (χ2v) is 7.24. The van der Waals surface area contributed by atoms with Crippen LogP contribution in [0.2, 0.25) is 5.02 Å². The standard InChI is InChI=1S/C19H19ClFN3O2S/c1-12-15(8-7-13-17(12)19(25)24(2)11-22-13)26-16-6-3-5-14(18(16)20)23-27-10-4-9-21/h3,5-8,11,23H,4,9-10H2,1-2H3. The molecule has 0 bridgehead atoms. The third kappa shape index (κ3) is 4.20. The van der Waals surface area contributed by atoms with Crippen molar-refractivity contribution in [3.05, 3.63) is 57.6 Å². The maximum Gasteiger partial charge on any atom is 0.261 e. The zero-order chi connectivity index (χ0) is 19.4. The van der Waals surface area contributed by atoms with Crippen LogP contribution in [0.3, 0.4) is 0 Å². The quantitative estimate of drug-likeness (QED) is 0.435. The zero-order valence-corrected chi connectivity index (χ0v) is 16.5. The molecule has 1 N–H and O–H groups in total. The van der Waals surface area contributed by atoms with Gasteiger partial charge in [0.1, 0.15) is 16.5 Å². The monoisotopic (exact) mass is 407 g/mol. The maximum atomic E-state index is 12.4. The molecule has 1 heterocycles. The van der Waals surface area contributed by atoms with E-state index in [4.69, 9.17) is 16.3 Å². The topological polar surface area (TPSA) is 56.1 Å². The number of hydrogen-bond acceptors (Lipinski definition) is 5. The lowest BCUT2D eigenvalue weighted by Gasteiger charge is -2.14. The number of aryl methyl sites for hydroxylation is 2. The van der Waals surface area contributed by atoms with Gasteiger partial charge in [0.15, 0.2) is 0 Å². The van der Waals surface area contributed by atoms with E-state index in [0.29, 0.717) is 50.8 Å². The largest absolute Gasteiger partial charge is 0.455 e. The van der Waals surface area contributed by atoms with Crippen LogP contribution in [-0.4, -0.2) is 22.0 Å². The van der Waals surface area contributed by atoms with Gasteiger partial charge in [0.05, 0.1) is 29.6 Å². The normalized spacial score (nSPS) is 11.0. The Bertz CT molecular complexity index is 1030. The first-order valence-corrected chi connectivity index (χ1v) is 9.74. The number of nitrogens with one attached hydrogen (secondary N) is 1. The minimum Gasteiger partial charge on any atom is -0.455 e. The van der Waals surface area contributed by atoms with Crippen molar-refractivity contribution in [1.82, 2.24) is 9.55 Å². The van der Waals surface area contributed by atoms with E-state index in [9.17, 15) is 9.18 Å². The molecule has 3 aromatic rings. The average molecular weight is 408 g/mol. The van der Waals surface area contributed by atoms with Crippen molar-refractivity contribution in [2.24, 2.45) is 7.05 Å². The Kier molecular flexibility index (Phi) is 6.23. The first-order valence-electron chi connectivity index (χ1n) is 8.38. The number of hydrogen-bond donors (Lipinski definition) is 1. The van der Waals surface area contributed by atoms with E-state index in [1.165, 1.54) is 22.8 Å². The molecule has 0 fully saturated rings. The number of anilines is 1. The highest BCUT2D eigenvalue weighted by molar-refractivity contribution is 8.00. The van der Waals surface area contributed by atoms with Gasteiger partial charge in [0.2, 0.25) is 0 Å². The van der Waals surface area contributed by atoms with Gasteiger partial charge in [-0.25, -0.2) is 4.98 Å². The molecule has 0 amide bonds. The van der Waals surface area contributed by atoms with Gasteiger partial charge in [-0.2, -0.15) is 0 Å². The molecular formula is C19H19ClFN3O2S. The van der Waals surface area contributed by atoms with Gasteiger partial charge in [-0.05, 0) is 37.6 Å². The van der Waals surface area contributed by atoms with Gasteiger partial charge in [-0.3, -0.25) is 9.18 Å². The molecule has 3 rings (SSSR count). The molecular weight excluding hydrogens is 389 g/mol. The number of fused-ring (bicyclic) bond motifs is 1. The molecule has 0 atom stereocenters. The molecule has 0 spiro atoms. The van der Waals surface area contributed by atoms with E-state index in [1.807, 2.05) is 19.1 Å². The molecule has 0 unspecified atom stereocenters. The summed E-state index contributed by atoms with van der Waals surface area (Å²) in [7, 11) is 1.66. The van der Waals surface area contributed by atoms with E-state index in [0.717, 1.165) is 0 Å². The summed E-state index contributed by atoms with van der Waals surface area (Å²) in [5, 5.41) is 0.938. The summed E-state index contributed by atoms with van der Waals surface area (Å²) in [6.07, 6.45) is 1.97. The van der Waals surface area contributed by atoms with Crippen LogP contribution in [-0.2, 0) is 7.05 Å². The minimum absolute atomic E-state index is 0.131. The van der Waals surface area contributed by atoms with Crippen LogP contribution < -0.4 is 15.0 Å². The first-order chi connectivity index (χ1) is 13.0. The van der Waals surface area contributed by atoms with Crippen LogP contribution in [0.1, 0.15) is 12.0 Å². The van der Waals surface area contributed by atoms with Gasteiger partial charge < -0.3 is 14.0 Å². The summed E-state index contributed by atoms with van der Waals surface area (Å²) in [5.74, 6) is 1.64. The molecule has 0 aliphatic heterocycles. The van der Waals surface area contributed by atoms with E-state index >= 15 is 0 Å². The molecule has 0 aliphatic rings. The van der Waals surface area contributed by atoms with Crippen LogP contribution in [0.4, 0.5) is 10.1 Å². The molecule has 2 aromatic carbocycles. The van der Waals surface area contributed by atoms with Crippen molar-refractivity contribution in [1.29, 1.82) is 0 Å². The highest BCUT2D eigenvalue weighted by atomic mass is 35.5. The van der Waals surface area contributed by atoms with Crippen LogP contribution in [0.15, 0.2) is 41.5 Å². The minimum atomic E-state index is -0.346. The Labute approximate surface area is 165 Å². The number of aromatic nitrogens is 2. The number of benzene rings is 2. The Morgan fingerprint density at radius 3 is 2.89 bits per heavy atom. The third-order valence-corrected chi connectivity index (χ3v) is 5.29. The van der Waals surface area contributed by atoms with Crippen LogP contribution in [0.5, 0.6) is 11.5 Å². The predicted molar refractivity (Wildman–Crippen MR) is 110 cm³/mol. The fourth-order valence-electron chi connectivity index (χ4n) is 2.59. The van der Waals surface area contributed by atoms with Gasteiger partial charge in [0, 0.05) is 18.4 Å². The number of alkyl halides is 1. The fraction of sp³-hybridized carbons (Fsp3) is 0.263. The van der Waals surface area contributed by atoms with Crippen molar-refractivity contribution in [2.45, 2.75) is 13.3 Å². The first kappa shape index (κ1) is 19.5. The summed E-state index contributed by atoms with van der Waals surface area (Å²) in [6, 6.07) is 8.92. The molecule has 0 radical (unpaired) electrons. The zero-order valence-electron chi connectivity index (χ0n) is 15.0. The van der Waals surface area contributed by atoms with E-state index in [1.54, 1.807) is 25.2 Å². The summed E-state index contributed by atoms with van der Waals surface area (Å²) in [4.78, 5) is 16.7. The summed E-state index contributed by atoms with van der Waals surface area (Å²) < 4.78 is 22.7. The van der Waals surface area contributed by atoms with Crippen LogP contribution in [0.25, 0.3) is 10.9 Å². The van der Waals surface area contributed by atoms with Crippen molar-refractivity contribution in [3.8, 4) is 11.5 Å². The SMILES string of the molecule is Cc1c(Oc2cccc(NSCCCF)c2Cl)ccc2ncn(C)c(=O)c12. The summed E-state index contributed by atoms with van der Waals surface area (Å²) in [6.45, 7) is 1.48. The highest BCUT2D eigenvalue weighted by Gasteiger charge is 2.13. The smallest absolute Gasteiger partial charge is 0.261 e. The summed E-state index contributed by atoms with van der Waals surface area (Å²) >= 11 is 7.83. The maximum absolute atomic E-state index is 12.4. The lowest BCUT2D eigenvalue weighted by molar-refractivity contribution is 0.480. The lowest BCUT2D eigenvalue weighted by Crippen LogP contribution is -2.17. The number of rotatable bonds is 7. The van der Waals surface area contributed by atoms with E-state index in [2.05, 4.69) is 9.71 Å². The van der Waals surface area contributed by atoms with Crippen molar-refractivity contribution in [2.75, 3.05) is 17.1 Å². The Balaban J connectivity index is 1.90. The Morgan fingerprint density at radius 2 is 2.11 bits per heavy atom. The number of halogens is 2. The molecule has 0 saturated heterocycles. The summed E-state index contributed by atoms with van der Waals surface area (Å²) in [5.41, 5.74) is 1.88. The van der Waals surface area contributed by atoms with E-state index in [-0.39, 0.29) is 12.2 Å². The molecule has 8 heteroatoms. The molecule has 27 heavy (non-hydrogen) atoms. The van der Waals surface area contributed by atoms with Gasteiger partial charge >= 0.3 is 0 Å². The second-order valence-electron chi connectivity index (χ2n) is 5.96. The van der Waals surface area contributed by atoms with Gasteiger partial charge in [-0.1, -0.05) is 29.6 Å². The Hall–Kier alpha value is -2.25. The number of ether oxygens (including phenoxy) is 1. The van der Waals surface area contributed by atoms with E-state index < -0.39 is 0 Å². The van der Waals surface area contributed by atoms with Crippen molar-refractivity contribution in [3.63, 3.8) is 0 Å².